The van der Waals surface area contributed by atoms with E-state index in [9.17, 15) is 4.79 Å². The minimum absolute atomic E-state index is 0.197. The zero-order chi connectivity index (χ0) is 26.7. The number of fused-ring (bicyclic) bond motifs is 1. The second-order valence-corrected chi connectivity index (χ2v) is 10.3. The Kier molecular flexibility index (Phi) is 10.5. The van der Waals surface area contributed by atoms with Gasteiger partial charge in [0, 0.05) is 52.4 Å². The van der Waals surface area contributed by atoms with Crippen molar-refractivity contribution in [1.82, 2.24) is 34.2 Å². The predicted molar refractivity (Wildman–Crippen MR) is 152 cm³/mol. The Morgan fingerprint density at radius 2 is 1.68 bits per heavy atom. The highest BCUT2D eigenvalue weighted by molar-refractivity contribution is 5.81. The average molecular weight is 525 g/mol. The molecule has 208 valence electrons. The molecule has 0 amide bonds. The minimum atomic E-state index is -0.197. The largest absolute Gasteiger partial charge is 0.463 e. The molecule has 3 N–H and O–H groups in total. The van der Waals surface area contributed by atoms with E-state index in [0.29, 0.717) is 24.3 Å². The van der Waals surface area contributed by atoms with Crippen LogP contribution >= 0.6 is 0 Å². The summed E-state index contributed by atoms with van der Waals surface area (Å²) >= 11 is 0. The fourth-order valence-corrected chi connectivity index (χ4v) is 4.92. The van der Waals surface area contributed by atoms with Crippen molar-refractivity contribution in [3.8, 4) is 6.01 Å². The second-order valence-electron chi connectivity index (χ2n) is 10.3. The lowest BCUT2D eigenvalue weighted by atomic mass is 10.2. The first-order chi connectivity index (χ1) is 18.5. The van der Waals surface area contributed by atoms with Crippen molar-refractivity contribution in [2.45, 2.75) is 52.1 Å². The van der Waals surface area contributed by atoms with Crippen LogP contribution in [0.5, 0.6) is 6.01 Å². The first-order valence-corrected chi connectivity index (χ1v) is 14.1. The van der Waals surface area contributed by atoms with Crippen LogP contribution in [-0.4, -0.2) is 93.7 Å². The monoisotopic (exact) mass is 524 g/mol. The summed E-state index contributed by atoms with van der Waals surface area (Å²) in [5, 5.41) is 0. The van der Waals surface area contributed by atoms with Gasteiger partial charge in [0.05, 0.1) is 6.61 Å². The van der Waals surface area contributed by atoms with E-state index in [0.717, 1.165) is 84.5 Å². The van der Waals surface area contributed by atoms with E-state index in [1.165, 1.54) is 5.56 Å². The van der Waals surface area contributed by atoms with Crippen LogP contribution in [0, 0.1) is 0 Å². The number of anilines is 1. The Hall–Kier alpha value is -2.95. The molecular formula is C28H44N8O2. The maximum atomic E-state index is 12.5. The zero-order valence-electron chi connectivity index (χ0n) is 23.1. The number of H-pyrrole nitrogens is 1. The molecule has 1 fully saturated rings. The fraction of sp³-hybridized carbons (Fsp3) is 0.607. The molecule has 1 saturated heterocycles. The Bertz CT molecular complexity index is 1170. The van der Waals surface area contributed by atoms with Crippen molar-refractivity contribution >= 4 is 17.0 Å². The molecule has 10 nitrogen and oxygen atoms in total. The van der Waals surface area contributed by atoms with Crippen molar-refractivity contribution in [2.75, 3.05) is 65.2 Å². The van der Waals surface area contributed by atoms with Crippen molar-refractivity contribution in [3.05, 3.63) is 46.4 Å². The fourth-order valence-electron chi connectivity index (χ4n) is 4.92. The summed E-state index contributed by atoms with van der Waals surface area (Å²) in [4.78, 5) is 31.5. The van der Waals surface area contributed by atoms with E-state index in [1.807, 2.05) is 0 Å². The number of piperazine rings is 1. The number of hydrogen-bond donors (Lipinski definition) is 2. The summed E-state index contributed by atoms with van der Waals surface area (Å²) in [6, 6.07) is 10.9. The van der Waals surface area contributed by atoms with E-state index in [1.54, 1.807) is 4.57 Å². The normalized spacial score (nSPS) is 15.0. The van der Waals surface area contributed by atoms with E-state index >= 15 is 0 Å². The van der Waals surface area contributed by atoms with Gasteiger partial charge in [0.25, 0.3) is 0 Å². The van der Waals surface area contributed by atoms with E-state index in [4.69, 9.17) is 10.5 Å². The topological polar surface area (TPSA) is 109 Å². The van der Waals surface area contributed by atoms with Gasteiger partial charge in [-0.05, 0) is 38.4 Å². The number of hydrogen-bond acceptors (Lipinski definition) is 8. The summed E-state index contributed by atoms with van der Waals surface area (Å²) in [6.07, 6.45) is 5.04. The number of nitrogen functional groups attached to an aromatic ring is 1. The van der Waals surface area contributed by atoms with Gasteiger partial charge in [-0.3, -0.25) is 9.47 Å². The van der Waals surface area contributed by atoms with Crippen LogP contribution in [0.25, 0.3) is 11.2 Å². The summed E-state index contributed by atoms with van der Waals surface area (Å²) < 4.78 is 7.29. The number of nitrogens with two attached hydrogens (primary N) is 1. The van der Waals surface area contributed by atoms with Crippen LogP contribution in [0.15, 0.2) is 35.1 Å². The van der Waals surface area contributed by atoms with Gasteiger partial charge in [-0.2, -0.15) is 9.97 Å². The molecule has 38 heavy (non-hydrogen) atoms. The number of unbranched alkanes of at least 4 members (excludes halogenated alkanes) is 3. The first-order valence-electron chi connectivity index (χ1n) is 14.1. The van der Waals surface area contributed by atoms with Crippen LogP contribution in [0.4, 0.5) is 5.82 Å². The van der Waals surface area contributed by atoms with Crippen LogP contribution < -0.4 is 16.2 Å². The van der Waals surface area contributed by atoms with E-state index in [-0.39, 0.29) is 17.5 Å². The molecule has 0 bridgehead atoms. The molecule has 1 aliphatic heterocycles. The third-order valence-electron chi connectivity index (χ3n) is 7.27. The number of aryl methyl sites for hydroxylation is 1. The van der Waals surface area contributed by atoms with Gasteiger partial charge in [0.2, 0.25) is 0 Å². The Morgan fingerprint density at radius 1 is 0.974 bits per heavy atom. The summed E-state index contributed by atoms with van der Waals surface area (Å²) in [7, 11) is 2.20. The maximum absolute atomic E-state index is 12.5. The van der Waals surface area contributed by atoms with Crippen LogP contribution in [-0.2, 0) is 13.1 Å². The molecular weight excluding hydrogens is 480 g/mol. The molecule has 10 heteroatoms. The Balaban J connectivity index is 1.14. The highest BCUT2D eigenvalue weighted by atomic mass is 16.5. The number of ether oxygens (including phenoxy) is 1. The van der Waals surface area contributed by atoms with Gasteiger partial charge in [-0.1, -0.05) is 50.1 Å². The smallest absolute Gasteiger partial charge is 0.327 e. The number of aromatic amines is 1. The predicted octanol–water partition coefficient (Wildman–Crippen LogP) is 2.80. The zero-order valence-corrected chi connectivity index (χ0v) is 23.1. The van der Waals surface area contributed by atoms with Crippen molar-refractivity contribution in [1.29, 1.82) is 0 Å². The number of nitrogens with one attached hydrogen (secondary N) is 1. The van der Waals surface area contributed by atoms with E-state index in [2.05, 4.69) is 74.0 Å². The molecule has 0 radical (unpaired) electrons. The second kappa shape index (κ2) is 14.3. The Labute approximate surface area is 225 Å². The number of nitrogens with zero attached hydrogens (tertiary/aromatic N) is 6. The highest BCUT2D eigenvalue weighted by Crippen LogP contribution is 2.18. The molecule has 3 aromatic rings. The van der Waals surface area contributed by atoms with Crippen LogP contribution in [0.1, 0.15) is 44.6 Å². The van der Waals surface area contributed by atoms with Crippen molar-refractivity contribution < 1.29 is 4.74 Å². The Morgan fingerprint density at radius 3 is 2.42 bits per heavy atom. The van der Waals surface area contributed by atoms with Gasteiger partial charge >= 0.3 is 11.7 Å². The number of benzene rings is 1. The molecule has 1 aliphatic rings. The minimum Gasteiger partial charge on any atom is -0.463 e. The summed E-state index contributed by atoms with van der Waals surface area (Å²) in [5.74, 6) is 0.249. The molecule has 1 aromatic carbocycles. The first kappa shape index (κ1) is 28.1. The molecule has 0 spiro atoms. The highest BCUT2D eigenvalue weighted by Gasteiger charge is 2.17. The lowest BCUT2D eigenvalue weighted by Crippen LogP contribution is -2.48. The molecule has 0 saturated carbocycles. The number of likely N-dealkylation sites (N-methyl/N-ethyl adjacent to an activating group) is 1. The molecule has 0 atom stereocenters. The third-order valence-corrected chi connectivity index (χ3v) is 7.27. The molecule has 2 aromatic heterocycles. The van der Waals surface area contributed by atoms with Gasteiger partial charge < -0.3 is 25.3 Å². The van der Waals surface area contributed by atoms with Gasteiger partial charge in [0.15, 0.2) is 11.5 Å². The molecule has 0 aliphatic carbocycles. The summed E-state index contributed by atoms with van der Waals surface area (Å²) in [5.41, 5.74) is 8.24. The van der Waals surface area contributed by atoms with Crippen LogP contribution in [0.2, 0.25) is 0 Å². The number of imidazole rings is 1. The standard InChI is InChI=1S/C28H44N8O2/c1-3-4-21-38-27-31-25(29)24-26(32-27)36(28(37)30-24)14-10-6-9-13-34-17-19-35(20-18-34)16-15-33(2)22-23-11-7-5-8-12-23/h5,7-8,11-12H,3-4,6,9-10,13-22H2,1-2H3,(H,30,37)(H2,29,31,32). The molecule has 4 rings (SSSR count). The summed E-state index contributed by atoms with van der Waals surface area (Å²) in [6.45, 7) is 12.1. The molecule has 3 heterocycles. The van der Waals surface area contributed by atoms with Gasteiger partial charge in [0.1, 0.15) is 5.52 Å². The van der Waals surface area contributed by atoms with Crippen LogP contribution in [0.3, 0.4) is 0 Å². The van der Waals surface area contributed by atoms with Crippen molar-refractivity contribution in [3.63, 3.8) is 0 Å². The third kappa shape index (κ3) is 8.02. The average Bonchev–Trinajstić information content (AvgIpc) is 3.24. The van der Waals surface area contributed by atoms with Crippen molar-refractivity contribution in [2.24, 2.45) is 0 Å². The quantitative estimate of drug-likeness (QED) is 0.292. The van der Waals surface area contributed by atoms with Gasteiger partial charge in [-0.15, -0.1) is 0 Å². The lowest BCUT2D eigenvalue weighted by Gasteiger charge is -2.35. The van der Waals surface area contributed by atoms with E-state index < -0.39 is 0 Å². The lowest BCUT2D eigenvalue weighted by molar-refractivity contribution is 0.120. The number of aromatic nitrogens is 4. The maximum Gasteiger partial charge on any atom is 0.327 e. The molecule has 0 unspecified atom stereocenters. The SMILES string of the molecule is CCCCOc1nc(N)c2[nH]c(=O)n(CCCCCN3CCN(CCN(C)Cc4ccccc4)CC3)c2n1. The number of rotatable bonds is 15. The van der Waals surface area contributed by atoms with Gasteiger partial charge in [-0.25, -0.2) is 4.79 Å².